The molecule has 11 rings (SSSR count). The Hall–Kier alpha value is -8.14. The first-order valence-corrected chi connectivity index (χ1v) is 20.7. The van der Waals surface area contributed by atoms with Gasteiger partial charge < -0.3 is 4.57 Å². The van der Waals surface area contributed by atoms with Crippen molar-refractivity contribution < 1.29 is 0 Å². The average Bonchev–Trinajstić information content (AvgIpc) is 3.69. The number of nitrogens with zero attached hydrogens (tertiary/aromatic N) is 3. The molecule has 0 aliphatic rings. The molecule has 0 fully saturated rings. The Labute approximate surface area is 355 Å². The molecular formula is C58H39N3. The van der Waals surface area contributed by atoms with E-state index in [4.69, 9.17) is 9.97 Å². The van der Waals surface area contributed by atoms with Gasteiger partial charge in [0.05, 0.1) is 22.4 Å². The van der Waals surface area contributed by atoms with Crippen molar-refractivity contribution in [2.45, 2.75) is 0 Å². The van der Waals surface area contributed by atoms with E-state index in [0.29, 0.717) is 5.82 Å². The predicted molar refractivity (Wildman–Crippen MR) is 254 cm³/mol. The molecule has 3 heteroatoms. The highest BCUT2D eigenvalue weighted by atomic mass is 15.0. The third-order valence-electron chi connectivity index (χ3n) is 11.6. The van der Waals surface area contributed by atoms with E-state index in [0.717, 1.165) is 55.9 Å². The van der Waals surface area contributed by atoms with E-state index in [1.807, 2.05) is 12.1 Å². The van der Waals surface area contributed by atoms with Gasteiger partial charge >= 0.3 is 0 Å². The van der Waals surface area contributed by atoms with Crippen LogP contribution in [0.2, 0.25) is 0 Å². The quantitative estimate of drug-likeness (QED) is 0.154. The highest BCUT2D eigenvalue weighted by Gasteiger charge is 2.23. The average molecular weight is 778 g/mol. The highest BCUT2D eigenvalue weighted by molar-refractivity contribution is 6.19. The maximum atomic E-state index is 5.16. The second-order valence-corrected chi connectivity index (χ2v) is 15.4. The van der Waals surface area contributed by atoms with Gasteiger partial charge in [-0.3, -0.25) is 0 Å². The molecule has 3 nitrogen and oxygen atoms in total. The summed E-state index contributed by atoms with van der Waals surface area (Å²) in [5, 5.41) is 2.39. The largest absolute Gasteiger partial charge is 0.308 e. The van der Waals surface area contributed by atoms with Crippen molar-refractivity contribution in [3.8, 4) is 84.1 Å². The van der Waals surface area contributed by atoms with Gasteiger partial charge in [0.25, 0.3) is 0 Å². The molecule has 0 radical (unpaired) electrons. The number of fused-ring (bicyclic) bond motifs is 3. The van der Waals surface area contributed by atoms with Gasteiger partial charge in [-0.2, -0.15) is 0 Å². The van der Waals surface area contributed by atoms with Crippen molar-refractivity contribution in [1.82, 2.24) is 14.5 Å². The molecule has 2 heterocycles. The van der Waals surface area contributed by atoms with Gasteiger partial charge in [0.1, 0.15) is 0 Å². The van der Waals surface area contributed by atoms with Crippen molar-refractivity contribution in [3.05, 3.63) is 237 Å². The molecule has 0 N–H and O–H groups in total. The van der Waals surface area contributed by atoms with E-state index in [1.54, 1.807) is 0 Å². The monoisotopic (exact) mass is 777 g/mol. The molecule has 9 aromatic carbocycles. The molecule has 0 spiro atoms. The molecule has 0 unspecified atom stereocenters. The number of aromatic nitrogens is 3. The third-order valence-corrected chi connectivity index (χ3v) is 11.6. The molecule has 0 amide bonds. The lowest BCUT2D eigenvalue weighted by Gasteiger charge is -2.16. The van der Waals surface area contributed by atoms with Gasteiger partial charge in [-0.1, -0.05) is 182 Å². The summed E-state index contributed by atoms with van der Waals surface area (Å²) in [7, 11) is 0. The summed E-state index contributed by atoms with van der Waals surface area (Å²) in [6, 6.07) is 84.2. The van der Waals surface area contributed by atoms with Crippen molar-refractivity contribution >= 4 is 21.8 Å². The molecular weight excluding hydrogens is 739 g/mol. The van der Waals surface area contributed by atoms with Crippen LogP contribution in [-0.4, -0.2) is 14.5 Å². The normalized spacial score (nSPS) is 11.3. The molecule has 0 bridgehead atoms. The lowest BCUT2D eigenvalue weighted by atomic mass is 9.93. The van der Waals surface area contributed by atoms with Crippen LogP contribution >= 0.6 is 0 Å². The molecule has 0 atom stereocenters. The first-order chi connectivity index (χ1) is 30.2. The summed E-state index contributed by atoms with van der Waals surface area (Å²) in [6.07, 6.45) is 0. The maximum absolute atomic E-state index is 5.16. The van der Waals surface area contributed by atoms with Crippen LogP contribution in [0, 0.1) is 0 Å². The second kappa shape index (κ2) is 15.6. The Kier molecular flexibility index (Phi) is 9.18. The van der Waals surface area contributed by atoms with E-state index < -0.39 is 0 Å². The van der Waals surface area contributed by atoms with Crippen LogP contribution in [0.4, 0.5) is 0 Å². The summed E-state index contributed by atoms with van der Waals surface area (Å²) in [5.41, 5.74) is 17.6. The van der Waals surface area contributed by atoms with Crippen LogP contribution < -0.4 is 0 Å². The fourth-order valence-electron chi connectivity index (χ4n) is 8.65. The minimum atomic E-state index is 0.684. The van der Waals surface area contributed by atoms with E-state index >= 15 is 0 Å². The summed E-state index contributed by atoms with van der Waals surface area (Å²) in [6.45, 7) is 0. The first kappa shape index (κ1) is 36.0. The SMILES string of the molecule is c1ccc(-c2cc(-c3ccccc3)c3c(c2)c2cc(-c4ccccc4)cc(-c4ccccc4)c2n3-c2ccc(-c3nc(-c4ccccc4)cc(-c4ccccc4)n3)cc2)cc1. The van der Waals surface area contributed by atoms with Gasteiger partial charge in [0, 0.05) is 44.3 Å². The Morgan fingerprint density at radius 1 is 0.262 bits per heavy atom. The van der Waals surface area contributed by atoms with Crippen LogP contribution in [0.15, 0.2) is 237 Å². The Balaban J connectivity index is 1.20. The molecule has 0 aliphatic carbocycles. The molecule has 61 heavy (non-hydrogen) atoms. The predicted octanol–water partition coefficient (Wildman–Crippen LogP) is 15.2. The lowest BCUT2D eigenvalue weighted by Crippen LogP contribution is -1.99. The van der Waals surface area contributed by atoms with Gasteiger partial charge in [0.2, 0.25) is 0 Å². The Morgan fingerprint density at radius 2 is 0.607 bits per heavy atom. The van der Waals surface area contributed by atoms with E-state index in [9.17, 15) is 0 Å². The van der Waals surface area contributed by atoms with Crippen molar-refractivity contribution in [3.63, 3.8) is 0 Å². The number of benzene rings is 9. The van der Waals surface area contributed by atoms with Crippen LogP contribution in [0.1, 0.15) is 0 Å². The zero-order valence-electron chi connectivity index (χ0n) is 33.4. The fraction of sp³-hybridized carbons (Fsp3) is 0. The Bertz CT molecular complexity index is 3090. The van der Waals surface area contributed by atoms with Crippen molar-refractivity contribution in [1.29, 1.82) is 0 Å². The second-order valence-electron chi connectivity index (χ2n) is 15.4. The lowest BCUT2D eigenvalue weighted by molar-refractivity contribution is 1.16. The molecule has 0 saturated heterocycles. The first-order valence-electron chi connectivity index (χ1n) is 20.7. The topological polar surface area (TPSA) is 30.7 Å². The highest BCUT2D eigenvalue weighted by Crippen LogP contribution is 2.46. The third kappa shape index (κ3) is 6.78. The van der Waals surface area contributed by atoms with E-state index in [1.165, 1.54) is 44.2 Å². The molecule has 2 aromatic heterocycles. The van der Waals surface area contributed by atoms with Crippen LogP contribution in [0.5, 0.6) is 0 Å². The minimum Gasteiger partial charge on any atom is -0.308 e. The zero-order valence-corrected chi connectivity index (χ0v) is 33.4. The summed E-state index contributed by atoms with van der Waals surface area (Å²) in [4.78, 5) is 10.3. The van der Waals surface area contributed by atoms with Crippen LogP contribution in [0.25, 0.3) is 106 Å². The standard InChI is InChI=1S/C58H39N3/c1-7-19-40(20-8-1)47-35-50(42-23-11-3-12-24-42)56-52(37-47)53-38-48(41-21-9-2-10-22-41)36-51(43-25-13-4-14-26-43)57(53)61(56)49-33-31-46(32-34-49)58-59-54(44-27-15-5-16-28-44)39-55(60-58)45-29-17-6-18-30-45/h1-39H. The van der Waals surface area contributed by atoms with Gasteiger partial charge in [-0.15, -0.1) is 0 Å². The van der Waals surface area contributed by atoms with Gasteiger partial charge in [0.15, 0.2) is 5.82 Å². The minimum absolute atomic E-state index is 0.684. The smallest absolute Gasteiger partial charge is 0.160 e. The number of hydrogen-bond acceptors (Lipinski definition) is 2. The Morgan fingerprint density at radius 3 is 0.984 bits per heavy atom. The molecule has 0 saturated carbocycles. The fourth-order valence-corrected chi connectivity index (χ4v) is 8.65. The van der Waals surface area contributed by atoms with Crippen LogP contribution in [-0.2, 0) is 0 Å². The van der Waals surface area contributed by atoms with Crippen molar-refractivity contribution in [2.24, 2.45) is 0 Å². The number of hydrogen-bond donors (Lipinski definition) is 0. The van der Waals surface area contributed by atoms with Gasteiger partial charge in [-0.05, 0) is 88.0 Å². The summed E-state index contributed by atoms with van der Waals surface area (Å²) >= 11 is 0. The maximum Gasteiger partial charge on any atom is 0.160 e. The number of rotatable bonds is 8. The van der Waals surface area contributed by atoms with Crippen molar-refractivity contribution in [2.75, 3.05) is 0 Å². The molecule has 286 valence electrons. The summed E-state index contributed by atoms with van der Waals surface area (Å²) in [5.74, 6) is 0.684. The van der Waals surface area contributed by atoms with Crippen LogP contribution in [0.3, 0.4) is 0 Å². The zero-order chi connectivity index (χ0) is 40.5. The molecule has 11 aromatic rings. The van der Waals surface area contributed by atoms with E-state index in [2.05, 4.69) is 229 Å². The summed E-state index contributed by atoms with van der Waals surface area (Å²) < 4.78 is 2.49. The molecule has 0 aliphatic heterocycles. The van der Waals surface area contributed by atoms with E-state index in [-0.39, 0.29) is 0 Å². The van der Waals surface area contributed by atoms with Gasteiger partial charge in [-0.25, -0.2) is 9.97 Å².